The van der Waals surface area contributed by atoms with Gasteiger partial charge in [-0.15, -0.1) is 0 Å². The van der Waals surface area contributed by atoms with Crippen LogP contribution in [0, 0.1) is 0 Å². The van der Waals surface area contributed by atoms with E-state index in [2.05, 4.69) is 15.0 Å². The molecule has 0 fully saturated rings. The summed E-state index contributed by atoms with van der Waals surface area (Å²) < 4.78 is 1.95. The van der Waals surface area contributed by atoms with Gasteiger partial charge in [-0.3, -0.25) is 0 Å². The molecule has 0 atom stereocenters. The maximum atomic E-state index is 4.34. The molecular weight excluding hydrogens is 176 g/mol. The van der Waals surface area contributed by atoms with Crippen LogP contribution in [0.2, 0.25) is 0 Å². The van der Waals surface area contributed by atoms with Crippen LogP contribution in [-0.4, -0.2) is 21.8 Å². The zero-order valence-corrected chi connectivity index (χ0v) is 7.88. The van der Waals surface area contributed by atoms with Crippen molar-refractivity contribution < 1.29 is 0 Å². The number of hydrogen-bond donors (Lipinski definition) is 0. The van der Waals surface area contributed by atoms with E-state index in [0.29, 0.717) is 0 Å². The van der Waals surface area contributed by atoms with E-state index in [1.807, 2.05) is 42.3 Å². The van der Waals surface area contributed by atoms with Crippen LogP contribution >= 0.6 is 0 Å². The molecule has 70 valence electrons. The average molecular weight is 186 g/mol. The molecule has 0 N–H and O–H groups in total. The predicted octanol–water partition coefficient (Wildman–Crippen LogP) is 1.22. The van der Waals surface area contributed by atoms with Crippen LogP contribution in [0.25, 0.3) is 5.69 Å². The molecule has 0 aliphatic carbocycles. The standard InChI is InChI=1S/C10H10N4/c1-13-7-8-4-6-12-14(8)9-3-2-5-11-10(9)13/h2-6H,7H2,1H3. The molecule has 0 unspecified atom stereocenters. The first-order chi connectivity index (χ1) is 6.86. The van der Waals surface area contributed by atoms with Gasteiger partial charge in [0, 0.05) is 19.4 Å². The summed E-state index contributed by atoms with van der Waals surface area (Å²) in [6.45, 7) is 0.865. The Kier molecular flexibility index (Phi) is 1.39. The second-order valence-electron chi connectivity index (χ2n) is 3.44. The van der Waals surface area contributed by atoms with Gasteiger partial charge in [0.2, 0.25) is 0 Å². The maximum absolute atomic E-state index is 4.34. The molecule has 2 aromatic rings. The highest BCUT2D eigenvalue weighted by atomic mass is 15.3. The molecule has 0 aromatic carbocycles. The van der Waals surface area contributed by atoms with Gasteiger partial charge in [-0.2, -0.15) is 5.10 Å². The lowest BCUT2D eigenvalue weighted by molar-refractivity contribution is 0.728. The van der Waals surface area contributed by atoms with Crippen molar-refractivity contribution in [3.05, 3.63) is 36.3 Å². The van der Waals surface area contributed by atoms with Gasteiger partial charge in [0.05, 0.1) is 12.2 Å². The fourth-order valence-corrected chi connectivity index (χ4v) is 1.83. The lowest BCUT2D eigenvalue weighted by Crippen LogP contribution is -2.26. The molecule has 0 radical (unpaired) electrons. The Hall–Kier alpha value is -1.84. The number of pyridine rings is 1. The molecule has 3 rings (SSSR count). The quantitative estimate of drug-likeness (QED) is 0.620. The van der Waals surface area contributed by atoms with Crippen molar-refractivity contribution in [2.24, 2.45) is 0 Å². The van der Waals surface area contributed by atoms with Crippen molar-refractivity contribution in [3.8, 4) is 5.69 Å². The Labute approximate surface area is 81.8 Å². The minimum absolute atomic E-state index is 0.865. The third-order valence-corrected chi connectivity index (χ3v) is 2.48. The van der Waals surface area contributed by atoms with E-state index in [-0.39, 0.29) is 0 Å². The largest absolute Gasteiger partial charge is 0.352 e. The number of nitrogens with zero attached hydrogens (tertiary/aromatic N) is 4. The summed E-state index contributed by atoms with van der Waals surface area (Å²) in [5.74, 6) is 0.990. The number of hydrogen-bond acceptors (Lipinski definition) is 3. The van der Waals surface area contributed by atoms with Crippen LogP contribution in [0.1, 0.15) is 5.69 Å². The van der Waals surface area contributed by atoms with Gasteiger partial charge in [-0.05, 0) is 18.2 Å². The fourth-order valence-electron chi connectivity index (χ4n) is 1.83. The fraction of sp³-hybridized carbons (Fsp3) is 0.200. The Morgan fingerprint density at radius 3 is 3.14 bits per heavy atom. The van der Waals surface area contributed by atoms with Crippen LogP contribution in [0.3, 0.4) is 0 Å². The zero-order valence-electron chi connectivity index (χ0n) is 7.88. The number of fused-ring (bicyclic) bond motifs is 3. The Balaban J connectivity index is 2.30. The van der Waals surface area contributed by atoms with Crippen molar-refractivity contribution in [2.75, 3.05) is 11.9 Å². The summed E-state index contributed by atoms with van der Waals surface area (Å²) in [7, 11) is 2.04. The third kappa shape index (κ3) is 0.878. The smallest absolute Gasteiger partial charge is 0.154 e. The number of anilines is 1. The van der Waals surface area contributed by atoms with Crippen LogP contribution < -0.4 is 4.90 Å². The molecule has 0 amide bonds. The highest BCUT2D eigenvalue weighted by molar-refractivity contribution is 5.59. The van der Waals surface area contributed by atoms with Gasteiger partial charge in [0.15, 0.2) is 5.82 Å². The summed E-state index contributed by atoms with van der Waals surface area (Å²) in [5.41, 5.74) is 2.26. The molecule has 2 aromatic heterocycles. The van der Waals surface area contributed by atoms with E-state index >= 15 is 0 Å². The Morgan fingerprint density at radius 2 is 2.21 bits per heavy atom. The predicted molar refractivity (Wildman–Crippen MR) is 53.5 cm³/mol. The Bertz CT molecular complexity index is 474. The maximum Gasteiger partial charge on any atom is 0.154 e. The highest BCUT2D eigenvalue weighted by Gasteiger charge is 2.19. The molecule has 3 heterocycles. The van der Waals surface area contributed by atoms with E-state index in [1.54, 1.807) is 0 Å². The van der Waals surface area contributed by atoms with E-state index in [0.717, 1.165) is 18.1 Å². The van der Waals surface area contributed by atoms with Crippen molar-refractivity contribution in [1.82, 2.24) is 14.8 Å². The van der Waals surface area contributed by atoms with Gasteiger partial charge in [-0.1, -0.05) is 0 Å². The summed E-state index contributed by atoms with van der Waals surface area (Å²) in [6, 6.07) is 6.00. The van der Waals surface area contributed by atoms with Crippen LogP contribution in [-0.2, 0) is 6.54 Å². The average Bonchev–Trinajstić information content (AvgIpc) is 2.66. The summed E-state index contributed by atoms with van der Waals surface area (Å²) in [6.07, 6.45) is 3.63. The molecule has 4 heteroatoms. The van der Waals surface area contributed by atoms with Gasteiger partial charge in [0.25, 0.3) is 0 Å². The van der Waals surface area contributed by atoms with E-state index in [4.69, 9.17) is 0 Å². The van der Waals surface area contributed by atoms with E-state index in [9.17, 15) is 0 Å². The van der Waals surface area contributed by atoms with Crippen LogP contribution in [0.4, 0.5) is 5.82 Å². The topological polar surface area (TPSA) is 34.0 Å². The normalized spacial score (nSPS) is 13.6. The van der Waals surface area contributed by atoms with Crippen molar-refractivity contribution in [1.29, 1.82) is 0 Å². The summed E-state index contributed by atoms with van der Waals surface area (Å²) in [4.78, 5) is 6.48. The molecule has 0 bridgehead atoms. The SMILES string of the molecule is CN1Cc2ccnn2-c2cccnc21. The summed E-state index contributed by atoms with van der Waals surface area (Å²) in [5, 5.41) is 4.28. The zero-order chi connectivity index (χ0) is 9.54. The first-order valence-corrected chi connectivity index (χ1v) is 4.56. The molecule has 1 aliphatic heterocycles. The second-order valence-corrected chi connectivity index (χ2v) is 3.44. The number of aromatic nitrogens is 3. The van der Waals surface area contributed by atoms with Crippen LogP contribution in [0.5, 0.6) is 0 Å². The first-order valence-electron chi connectivity index (χ1n) is 4.56. The van der Waals surface area contributed by atoms with Crippen LogP contribution in [0.15, 0.2) is 30.6 Å². The molecule has 1 aliphatic rings. The van der Waals surface area contributed by atoms with Crippen molar-refractivity contribution >= 4 is 5.82 Å². The van der Waals surface area contributed by atoms with Gasteiger partial charge < -0.3 is 4.90 Å². The van der Waals surface area contributed by atoms with Gasteiger partial charge in [0.1, 0.15) is 5.69 Å². The molecule has 4 nitrogen and oxygen atoms in total. The molecule has 0 spiro atoms. The van der Waals surface area contributed by atoms with Crippen molar-refractivity contribution in [3.63, 3.8) is 0 Å². The molecule has 0 saturated carbocycles. The lowest BCUT2D eigenvalue weighted by Gasteiger charge is -2.26. The summed E-state index contributed by atoms with van der Waals surface area (Å²) >= 11 is 0. The monoisotopic (exact) mass is 186 g/mol. The minimum atomic E-state index is 0.865. The molecular formula is C10H10N4. The molecule has 14 heavy (non-hydrogen) atoms. The third-order valence-electron chi connectivity index (χ3n) is 2.48. The van der Waals surface area contributed by atoms with E-state index < -0.39 is 0 Å². The van der Waals surface area contributed by atoms with Gasteiger partial charge >= 0.3 is 0 Å². The van der Waals surface area contributed by atoms with E-state index in [1.165, 1.54) is 5.69 Å². The first kappa shape index (κ1) is 7.55. The number of rotatable bonds is 0. The van der Waals surface area contributed by atoms with Gasteiger partial charge in [-0.25, -0.2) is 9.67 Å². The lowest BCUT2D eigenvalue weighted by atomic mass is 10.2. The Morgan fingerprint density at radius 1 is 1.29 bits per heavy atom. The minimum Gasteiger partial charge on any atom is -0.352 e. The second kappa shape index (κ2) is 2.57. The van der Waals surface area contributed by atoms with Crippen molar-refractivity contribution in [2.45, 2.75) is 6.54 Å². The highest BCUT2D eigenvalue weighted by Crippen LogP contribution is 2.27. The molecule has 0 saturated heterocycles.